The minimum absolute atomic E-state index is 0.0727. The summed E-state index contributed by atoms with van der Waals surface area (Å²) in [7, 11) is 1.63. The zero-order valence-corrected chi connectivity index (χ0v) is 24.2. The maximum absolute atomic E-state index is 14.8. The average Bonchev–Trinajstić information content (AvgIpc) is 3.35. The largest absolute Gasteiger partial charge is 0.497 e. The molecular formula is C34H36ClN3O3. The third-order valence-electron chi connectivity index (χ3n) is 8.78. The predicted octanol–water partition coefficient (Wildman–Crippen LogP) is 7.08. The number of benzene rings is 3. The van der Waals surface area contributed by atoms with Crippen LogP contribution in [0.2, 0.25) is 5.02 Å². The Balaban J connectivity index is 1.53. The number of nitrogens with zero attached hydrogens (tertiary/aromatic N) is 2. The smallest absolute Gasteiger partial charge is 0.272 e. The Bertz CT molecular complexity index is 1560. The van der Waals surface area contributed by atoms with Crippen molar-refractivity contribution in [1.82, 2.24) is 14.8 Å². The molecule has 1 atom stereocenters. The van der Waals surface area contributed by atoms with E-state index in [0.29, 0.717) is 16.5 Å². The lowest BCUT2D eigenvalue weighted by Crippen LogP contribution is -2.64. The van der Waals surface area contributed by atoms with Crippen LogP contribution in [0.3, 0.4) is 0 Å². The molecule has 1 saturated carbocycles. The molecule has 7 heteroatoms. The topological polar surface area (TPSA) is 63.6 Å². The van der Waals surface area contributed by atoms with Crippen LogP contribution < -0.4 is 10.1 Å². The summed E-state index contributed by atoms with van der Waals surface area (Å²) in [5.74, 6) is 0.349. The van der Waals surface area contributed by atoms with Crippen molar-refractivity contribution in [2.75, 3.05) is 7.11 Å². The first-order valence-corrected chi connectivity index (χ1v) is 15.0. The highest BCUT2D eigenvalue weighted by Gasteiger charge is 2.53. The minimum Gasteiger partial charge on any atom is -0.497 e. The maximum Gasteiger partial charge on any atom is 0.272 e. The monoisotopic (exact) mass is 569 g/mol. The lowest BCUT2D eigenvalue weighted by atomic mass is 9.83. The van der Waals surface area contributed by atoms with E-state index < -0.39 is 5.54 Å². The van der Waals surface area contributed by atoms with Crippen LogP contribution in [0.5, 0.6) is 5.75 Å². The van der Waals surface area contributed by atoms with E-state index in [1.54, 1.807) is 12.0 Å². The summed E-state index contributed by atoms with van der Waals surface area (Å²) in [5.41, 5.74) is 1.70. The standard InChI is InChI=1S/C34H36ClN3O3/c1-41-28-19-18-24-20-31-32(39)38(22-25-12-10-11-17-29(25)35)34(23-37(31)30(24)21-28,26-13-6-5-7-14-26)33(40)36-27-15-8-3-2-4-9-16-27/h5-7,10-14,17-21,27H,2-4,8-9,15-16,22-23H2,1H3,(H,36,40)/t34-/m0/s1. The number of methoxy groups -OCH3 is 1. The van der Waals surface area contributed by atoms with E-state index in [1.165, 1.54) is 19.3 Å². The van der Waals surface area contributed by atoms with Gasteiger partial charge in [0.2, 0.25) is 0 Å². The first-order valence-electron chi connectivity index (χ1n) is 14.6. The first-order chi connectivity index (χ1) is 20.0. The molecule has 1 fully saturated rings. The van der Waals surface area contributed by atoms with Crippen molar-refractivity contribution in [2.24, 2.45) is 0 Å². The highest BCUT2D eigenvalue weighted by atomic mass is 35.5. The summed E-state index contributed by atoms with van der Waals surface area (Å²) in [4.78, 5) is 31.2. The summed E-state index contributed by atoms with van der Waals surface area (Å²) in [6, 6.07) is 25.1. The van der Waals surface area contributed by atoms with Gasteiger partial charge in [-0.3, -0.25) is 9.59 Å². The third-order valence-corrected chi connectivity index (χ3v) is 9.15. The van der Waals surface area contributed by atoms with E-state index in [4.69, 9.17) is 16.3 Å². The van der Waals surface area contributed by atoms with E-state index in [9.17, 15) is 9.59 Å². The average molecular weight is 570 g/mol. The molecule has 212 valence electrons. The number of carbonyl (C=O) groups is 2. The number of hydrogen-bond donors (Lipinski definition) is 1. The van der Waals surface area contributed by atoms with Crippen molar-refractivity contribution in [3.63, 3.8) is 0 Å². The fraction of sp³-hybridized carbons (Fsp3) is 0.353. The van der Waals surface area contributed by atoms with Gasteiger partial charge < -0.3 is 19.5 Å². The van der Waals surface area contributed by atoms with Crippen molar-refractivity contribution in [2.45, 2.75) is 69.6 Å². The fourth-order valence-electron chi connectivity index (χ4n) is 6.53. The minimum atomic E-state index is -1.29. The van der Waals surface area contributed by atoms with Gasteiger partial charge in [0.25, 0.3) is 11.8 Å². The number of amides is 2. The summed E-state index contributed by atoms with van der Waals surface area (Å²) in [6.07, 6.45) is 7.72. The maximum atomic E-state index is 14.8. The number of nitrogens with one attached hydrogen (secondary N) is 1. The summed E-state index contributed by atoms with van der Waals surface area (Å²) in [6.45, 7) is 0.480. The molecule has 6 nitrogen and oxygen atoms in total. The lowest BCUT2D eigenvalue weighted by molar-refractivity contribution is -0.136. The molecule has 3 aromatic carbocycles. The van der Waals surface area contributed by atoms with Crippen LogP contribution in [-0.2, 0) is 23.4 Å². The highest BCUT2D eigenvalue weighted by molar-refractivity contribution is 6.31. The number of halogens is 1. The van der Waals surface area contributed by atoms with Crippen molar-refractivity contribution in [1.29, 1.82) is 0 Å². The Morgan fingerprint density at radius 1 is 0.951 bits per heavy atom. The second-order valence-corrected chi connectivity index (χ2v) is 11.7. The van der Waals surface area contributed by atoms with E-state index in [0.717, 1.165) is 47.7 Å². The highest BCUT2D eigenvalue weighted by Crippen LogP contribution is 2.41. The van der Waals surface area contributed by atoms with Gasteiger partial charge in [0.05, 0.1) is 19.2 Å². The molecule has 1 aliphatic heterocycles. The summed E-state index contributed by atoms with van der Waals surface area (Å²) < 4.78 is 7.52. The molecule has 1 N–H and O–H groups in total. The molecule has 2 aliphatic rings. The molecule has 0 unspecified atom stereocenters. The van der Waals surface area contributed by atoms with Gasteiger partial charge in [-0.15, -0.1) is 0 Å². The molecule has 0 saturated heterocycles. The Morgan fingerprint density at radius 3 is 2.39 bits per heavy atom. The van der Waals surface area contributed by atoms with Crippen LogP contribution in [-0.4, -0.2) is 34.4 Å². The normalized spacial score (nSPS) is 19.9. The Kier molecular flexibility index (Phi) is 7.76. The van der Waals surface area contributed by atoms with Gasteiger partial charge in [-0.1, -0.05) is 92.2 Å². The van der Waals surface area contributed by atoms with Crippen LogP contribution in [0.25, 0.3) is 10.9 Å². The molecule has 4 aromatic rings. The van der Waals surface area contributed by atoms with Crippen molar-refractivity contribution in [3.8, 4) is 5.75 Å². The summed E-state index contributed by atoms with van der Waals surface area (Å²) in [5, 5.41) is 4.93. The van der Waals surface area contributed by atoms with E-state index in [-0.39, 0.29) is 30.9 Å². The number of fused-ring (bicyclic) bond motifs is 3. The number of ether oxygens (including phenoxy) is 1. The van der Waals surface area contributed by atoms with Crippen molar-refractivity contribution in [3.05, 3.63) is 101 Å². The number of hydrogen-bond acceptors (Lipinski definition) is 3. The Hall–Kier alpha value is -3.77. The second kappa shape index (κ2) is 11.6. The van der Waals surface area contributed by atoms with Crippen molar-refractivity contribution < 1.29 is 14.3 Å². The first kappa shape index (κ1) is 27.4. The van der Waals surface area contributed by atoms with E-state index in [1.807, 2.05) is 83.4 Å². The van der Waals surface area contributed by atoms with Crippen LogP contribution in [0, 0.1) is 0 Å². The predicted molar refractivity (Wildman–Crippen MR) is 162 cm³/mol. The molecular weight excluding hydrogens is 534 g/mol. The lowest BCUT2D eigenvalue weighted by Gasteiger charge is -2.47. The molecule has 1 aromatic heterocycles. The summed E-state index contributed by atoms with van der Waals surface area (Å²) >= 11 is 6.64. The van der Waals surface area contributed by atoms with Gasteiger partial charge in [-0.25, -0.2) is 0 Å². The molecule has 2 heterocycles. The molecule has 0 bridgehead atoms. The van der Waals surface area contributed by atoms with Gasteiger partial charge in [-0.2, -0.15) is 0 Å². The molecule has 41 heavy (non-hydrogen) atoms. The van der Waals surface area contributed by atoms with Gasteiger partial charge in [-0.05, 0) is 48.2 Å². The van der Waals surface area contributed by atoms with Crippen LogP contribution in [0.1, 0.15) is 66.6 Å². The Labute approximate surface area is 246 Å². The number of aromatic nitrogens is 1. The SMILES string of the molecule is COc1ccc2cc3n(c2c1)C[C@@](C(=O)NC1CCCCCCC1)(c1ccccc1)N(Cc1ccccc1Cl)C3=O. The molecule has 0 radical (unpaired) electrons. The van der Waals surface area contributed by atoms with Gasteiger partial charge in [0.1, 0.15) is 11.4 Å². The van der Waals surface area contributed by atoms with Crippen LogP contribution in [0.4, 0.5) is 0 Å². The molecule has 6 rings (SSSR count). The van der Waals surface area contributed by atoms with Crippen LogP contribution >= 0.6 is 11.6 Å². The van der Waals surface area contributed by atoms with Crippen LogP contribution in [0.15, 0.2) is 78.9 Å². The quantitative estimate of drug-likeness (QED) is 0.270. The second-order valence-electron chi connectivity index (χ2n) is 11.3. The van der Waals surface area contributed by atoms with Crippen molar-refractivity contribution >= 4 is 34.3 Å². The zero-order chi connectivity index (χ0) is 28.4. The van der Waals surface area contributed by atoms with Gasteiger partial charge in [0, 0.05) is 29.1 Å². The van der Waals surface area contributed by atoms with E-state index in [2.05, 4.69) is 5.32 Å². The fourth-order valence-corrected chi connectivity index (χ4v) is 6.73. The number of rotatable bonds is 6. The molecule has 2 amide bonds. The van der Waals surface area contributed by atoms with Gasteiger partial charge in [0.15, 0.2) is 5.54 Å². The zero-order valence-electron chi connectivity index (χ0n) is 23.4. The number of carbonyl (C=O) groups excluding carboxylic acids is 2. The molecule has 0 spiro atoms. The molecule has 1 aliphatic carbocycles. The van der Waals surface area contributed by atoms with Gasteiger partial charge >= 0.3 is 0 Å². The van der Waals surface area contributed by atoms with E-state index >= 15 is 0 Å². The third kappa shape index (κ3) is 5.10. The Morgan fingerprint density at radius 2 is 1.66 bits per heavy atom.